The summed E-state index contributed by atoms with van der Waals surface area (Å²) in [6.45, 7) is 3.09. The second-order valence-electron chi connectivity index (χ2n) is 6.70. The second kappa shape index (κ2) is 8.02. The van der Waals surface area contributed by atoms with Crippen molar-refractivity contribution in [2.24, 2.45) is 11.8 Å². The Balaban J connectivity index is 1.62. The zero-order valence-corrected chi connectivity index (χ0v) is 15.2. The first-order valence-corrected chi connectivity index (χ1v) is 9.18. The molecule has 2 atom stereocenters. The minimum Gasteiger partial charge on any atom is -0.493 e. The van der Waals surface area contributed by atoms with Crippen molar-refractivity contribution in [3.05, 3.63) is 23.6 Å². The maximum atomic E-state index is 6.12. The summed E-state index contributed by atoms with van der Waals surface area (Å²) in [6.07, 6.45) is 9.30. The fraction of sp³-hybridized carbons (Fsp3) is 0.579. The molecule has 130 valence electrons. The Bertz CT molecular complexity index is 692. The monoisotopic (exact) mass is 348 g/mol. The molecule has 1 aromatic heterocycles. The predicted octanol–water partition coefficient (Wildman–Crippen LogP) is 5.28. The lowest BCUT2D eigenvalue weighted by atomic mass is 9.78. The van der Waals surface area contributed by atoms with Crippen LogP contribution in [0.3, 0.4) is 0 Å². The molecule has 1 fully saturated rings. The van der Waals surface area contributed by atoms with Crippen LogP contribution in [-0.2, 0) is 0 Å². The minimum atomic E-state index is 0.427. The maximum Gasteiger partial charge on any atom is 0.163 e. The molecule has 1 aliphatic rings. The first kappa shape index (κ1) is 17.3. The van der Waals surface area contributed by atoms with E-state index in [0.717, 1.165) is 34.9 Å². The van der Waals surface area contributed by atoms with Gasteiger partial charge in [-0.2, -0.15) is 0 Å². The van der Waals surface area contributed by atoms with Crippen molar-refractivity contribution in [1.29, 1.82) is 0 Å². The molecule has 2 aromatic rings. The third-order valence-electron chi connectivity index (χ3n) is 5.14. The molecule has 0 amide bonds. The molecular formula is C19H25ClN2O2. The molecule has 1 heterocycles. The van der Waals surface area contributed by atoms with Gasteiger partial charge in [0.25, 0.3) is 0 Å². The Morgan fingerprint density at radius 3 is 2.79 bits per heavy atom. The Labute approximate surface area is 148 Å². The minimum absolute atomic E-state index is 0.427. The summed E-state index contributed by atoms with van der Waals surface area (Å²) in [5.41, 5.74) is 0.770. The smallest absolute Gasteiger partial charge is 0.163 e. The highest BCUT2D eigenvalue weighted by Crippen LogP contribution is 2.35. The summed E-state index contributed by atoms with van der Waals surface area (Å²) in [6, 6.07) is 3.72. The Hall–Kier alpha value is -1.55. The molecule has 2 unspecified atom stereocenters. The first-order chi connectivity index (χ1) is 11.7. The summed E-state index contributed by atoms with van der Waals surface area (Å²) < 4.78 is 11.4. The van der Waals surface area contributed by atoms with Crippen LogP contribution in [0.1, 0.15) is 45.4 Å². The largest absolute Gasteiger partial charge is 0.493 e. The van der Waals surface area contributed by atoms with Gasteiger partial charge in [-0.25, -0.2) is 9.97 Å². The number of fused-ring (bicyclic) bond motifs is 1. The van der Waals surface area contributed by atoms with Gasteiger partial charge >= 0.3 is 0 Å². The molecule has 3 rings (SSSR count). The summed E-state index contributed by atoms with van der Waals surface area (Å²) >= 11 is 6.12. The summed E-state index contributed by atoms with van der Waals surface area (Å²) in [7, 11) is 1.63. The SMILES string of the molecule is COc1cc2c(Cl)ncnc2cc1OCCCC1CCCCC1C. The quantitative estimate of drug-likeness (QED) is 0.526. The van der Waals surface area contributed by atoms with E-state index in [9.17, 15) is 0 Å². The predicted molar refractivity (Wildman–Crippen MR) is 97.0 cm³/mol. The van der Waals surface area contributed by atoms with Gasteiger partial charge in [-0.1, -0.05) is 44.2 Å². The Morgan fingerprint density at radius 2 is 2.00 bits per heavy atom. The van der Waals surface area contributed by atoms with Gasteiger partial charge in [-0.3, -0.25) is 0 Å². The van der Waals surface area contributed by atoms with E-state index in [4.69, 9.17) is 21.1 Å². The number of ether oxygens (including phenoxy) is 2. The van der Waals surface area contributed by atoms with E-state index < -0.39 is 0 Å². The second-order valence-corrected chi connectivity index (χ2v) is 7.06. The number of benzene rings is 1. The van der Waals surface area contributed by atoms with Crippen LogP contribution in [0.15, 0.2) is 18.5 Å². The van der Waals surface area contributed by atoms with Crippen molar-refractivity contribution in [3.8, 4) is 11.5 Å². The lowest BCUT2D eigenvalue weighted by Crippen LogP contribution is -2.17. The zero-order valence-electron chi connectivity index (χ0n) is 14.4. The van der Waals surface area contributed by atoms with Gasteiger partial charge < -0.3 is 9.47 Å². The lowest BCUT2D eigenvalue weighted by Gasteiger charge is -2.28. The normalized spacial score (nSPS) is 21.0. The van der Waals surface area contributed by atoms with Crippen LogP contribution in [0.5, 0.6) is 11.5 Å². The van der Waals surface area contributed by atoms with Crippen LogP contribution in [0.2, 0.25) is 5.15 Å². The standard InChI is InChI=1S/C19H25ClN2O2/c1-13-6-3-4-7-14(13)8-5-9-24-18-11-16-15(10-17(18)23-2)19(20)22-12-21-16/h10-14H,3-9H2,1-2H3. The molecule has 0 N–H and O–H groups in total. The first-order valence-electron chi connectivity index (χ1n) is 8.80. The molecule has 1 aliphatic carbocycles. The van der Waals surface area contributed by atoms with Crippen molar-refractivity contribution in [2.75, 3.05) is 13.7 Å². The van der Waals surface area contributed by atoms with Crippen LogP contribution in [-0.4, -0.2) is 23.7 Å². The van der Waals surface area contributed by atoms with Crippen molar-refractivity contribution in [1.82, 2.24) is 9.97 Å². The summed E-state index contributed by atoms with van der Waals surface area (Å²) in [5.74, 6) is 3.10. The third kappa shape index (κ3) is 3.92. The topological polar surface area (TPSA) is 44.2 Å². The van der Waals surface area contributed by atoms with Crippen LogP contribution >= 0.6 is 11.6 Å². The van der Waals surface area contributed by atoms with Gasteiger partial charge in [0.1, 0.15) is 11.5 Å². The molecule has 0 aliphatic heterocycles. The van der Waals surface area contributed by atoms with E-state index in [1.165, 1.54) is 38.4 Å². The van der Waals surface area contributed by atoms with Crippen molar-refractivity contribution in [2.45, 2.75) is 45.4 Å². The fourth-order valence-electron chi connectivity index (χ4n) is 3.65. The molecule has 24 heavy (non-hydrogen) atoms. The average molecular weight is 349 g/mol. The highest BCUT2D eigenvalue weighted by molar-refractivity contribution is 6.34. The van der Waals surface area contributed by atoms with Crippen LogP contribution in [0, 0.1) is 11.8 Å². The van der Waals surface area contributed by atoms with Crippen molar-refractivity contribution < 1.29 is 9.47 Å². The third-order valence-corrected chi connectivity index (χ3v) is 5.44. The molecule has 4 nitrogen and oxygen atoms in total. The van der Waals surface area contributed by atoms with Gasteiger partial charge in [0, 0.05) is 11.5 Å². The van der Waals surface area contributed by atoms with E-state index in [0.29, 0.717) is 17.5 Å². The maximum absolute atomic E-state index is 6.12. The van der Waals surface area contributed by atoms with Gasteiger partial charge in [-0.05, 0) is 30.7 Å². The van der Waals surface area contributed by atoms with Crippen LogP contribution in [0.25, 0.3) is 10.9 Å². The number of halogens is 1. The van der Waals surface area contributed by atoms with Gasteiger partial charge in [0.2, 0.25) is 0 Å². The zero-order chi connectivity index (χ0) is 16.9. The summed E-state index contributed by atoms with van der Waals surface area (Å²) in [4.78, 5) is 8.26. The summed E-state index contributed by atoms with van der Waals surface area (Å²) in [5, 5.41) is 1.20. The number of nitrogens with zero attached hydrogens (tertiary/aromatic N) is 2. The van der Waals surface area contributed by atoms with E-state index in [-0.39, 0.29) is 0 Å². The van der Waals surface area contributed by atoms with Crippen LogP contribution in [0.4, 0.5) is 0 Å². The molecule has 0 radical (unpaired) electrons. The fourth-order valence-corrected chi connectivity index (χ4v) is 3.85. The Kier molecular flexibility index (Phi) is 5.77. The molecule has 1 saturated carbocycles. The van der Waals surface area contributed by atoms with Crippen LogP contribution < -0.4 is 9.47 Å². The number of hydrogen-bond acceptors (Lipinski definition) is 4. The molecule has 0 saturated heterocycles. The molecular weight excluding hydrogens is 324 g/mol. The highest BCUT2D eigenvalue weighted by atomic mass is 35.5. The van der Waals surface area contributed by atoms with E-state index in [1.54, 1.807) is 7.11 Å². The molecule has 0 bridgehead atoms. The molecule has 1 aromatic carbocycles. The molecule has 0 spiro atoms. The highest BCUT2D eigenvalue weighted by Gasteiger charge is 2.20. The Morgan fingerprint density at radius 1 is 1.17 bits per heavy atom. The van der Waals surface area contributed by atoms with E-state index in [2.05, 4.69) is 16.9 Å². The van der Waals surface area contributed by atoms with E-state index >= 15 is 0 Å². The molecule has 5 heteroatoms. The van der Waals surface area contributed by atoms with Gasteiger partial charge in [0.15, 0.2) is 11.5 Å². The number of aromatic nitrogens is 2. The lowest BCUT2D eigenvalue weighted by molar-refractivity contribution is 0.215. The number of rotatable bonds is 6. The number of hydrogen-bond donors (Lipinski definition) is 0. The van der Waals surface area contributed by atoms with Crippen molar-refractivity contribution >= 4 is 22.5 Å². The van der Waals surface area contributed by atoms with Gasteiger partial charge in [0.05, 0.1) is 19.2 Å². The van der Waals surface area contributed by atoms with Gasteiger partial charge in [-0.15, -0.1) is 0 Å². The van der Waals surface area contributed by atoms with Crippen molar-refractivity contribution in [3.63, 3.8) is 0 Å². The average Bonchev–Trinajstić information content (AvgIpc) is 2.60. The van der Waals surface area contributed by atoms with E-state index in [1.807, 2.05) is 12.1 Å². The number of methoxy groups -OCH3 is 1.